The molecule has 0 spiro atoms. The van der Waals surface area contributed by atoms with E-state index in [0.717, 1.165) is 22.4 Å². The molecule has 28 heavy (non-hydrogen) atoms. The largest absolute Gasteiger partial charge is 0.463 e. The van der Waals surface area contributed by atoms with E-state index in [9.17, 15) is 4.39 Å². The molecular formula is C22H15Cl2FN2O. The fourth-order valence-electron chi connectivity index (χ4n) is 3.77. The summed E-state index contributed by atoms with van der Waals surface area (Å²) in [6.45, 7) is 0. The summed E-state index contributed by atoms with van der Waals surface area (Å²) in [5, 5.41) is 7.80. The van der Waals surface area contributed by atoms with E-state index in [2.05, 4.69) is 0 Å². The molecule has 6 heteroatoms. The van der Waals surface area contributed by atoms with Gasteiger partial charge in [0.1, 0.15) is 11.6 Å². The van der Waals surface area contributed by atoms with Gasteiger partial charge in [-0.2, -0.15) is 5.10 Å². The Morgan fingerprint density at radius 1 is 1.00 bits per heavy atom. The van der Waals surface area contributed by atoms with Crippen LogP contribution in [0.15, 0.2) is 71.8 Å². The molecule has 2 aliphatic rings. The molecule has 2 heterocycles. The molecule has 0 unspecified atom stereocenters. The highest BCUT2D eigenvalue weighted by molar-refractivity contribution is 6.35. The second-order valence-corrected chi connectivity index (χ2v) is 7.68. The normalized spacial score (nSPS) is 20.2. The Bertz CT molecular complexity index is 1070. The lowest BCUT2D eigenvalue weighted by atomic mass is 9.96. The highest BCUT2D eigenvalue weighted by atomic mass is 35.5. The smallest absolute Gasteiger partial charge is 0.213 e. The summed E-state index contributed by atoms with van der Waals surface area (Å²) in [6, 6.07) is 19.8. The first-order valence-corrected chi connectivity index (χ1v) is 9.68. The van der Waals surface area contributed by atoms with E-state index >= 15 is 0 Å². The molecule has 140 valence electrons. The van der Waals surface area contributed by atoms with Crippen molar-refractivity contribution >= 4 is 28.9 Å². The minimum Gasteiger partial charge on any atom is -0.463 e. The van der Waals surface area contributed by atoms with Gasteiger partial charge in [0.15, 0.2) is 0 Å². The van der Waals surface area contributed by atoms with Crippen LogP contribution in [-0.4, -0.2) is 10.7 Å². The summed E-state index contributed by atoms with van der Waals surface area (Å²) < 4.78 is 19.7. The third kappa shape index (κ3) is 2.93. The number of benzene rings is 3. The van der Waals surface area contributed by atoms with Crippen molar-refractivity contribution in [2.75, 3.05) is 0 Å². The minimum absolute atomic E-state index is 0.0646. The van der Waals surface area contributed by atoms with Crippen molar-refractivity contribution in [3.8, 4) is 5.75 Å². The van der Waals surface area contributed by atoms with Crippen LogP contribution in [-0.2, 0) is 0 Å². The zero-order valence-electron chi connectivity index (χ0n) is 14.6. The standard InChI is InChI=1S/C22H15Cl2FN2O/c23-15-10-17-20-12-19(13-4-2-1-3-5-13)26-27(20)22(28-21(17)18(24)11-15)14-6-8-16(25)9-7-14/h1-11,20,22H,12H2/t20-,22-/m1/s1. The number of hydrogen-bond donors (Lipinski definition) is 0. The predicted octanol–water partition coefficient (Wildman–Crippen LogP) is 6.37. The molecule has 0 radical (unpaired) electrons. The average Bonchev–Trinajstić information content (AvgIpc) is 3.15. The van der Waals surface area contributed by atoms with Crippen molar-refractivity contribution in [3.63, 3.8) is 0 Å². The number of halogens is 3. The average molecular weight is 413 g/mol. The molecule has 3 aromatic rings. The lowest BCUT2D eigenvalue weighted by molar-refractivity contribution is -0.0189. The van der Waals surface area contributed by atoms with Crippen molar-refractivity contribution in [1.82, 2.24) is 5.01 Å². The van der Waals surface area contributed by atoms with Gasteiger partial charge in [-0.25, -0.2) is 9.40 Å². The third-order valence-electron chi connectivity index (χ3n) is 5.07. The number of ether oxygens (including phenoxy) is 1. The zero-order valence-corrected chi connectivity index (χ0v) is 16.2. The molecule has 5 rings (SSSR count). The molecule has 0 fully saturated rings. The van der Waals surface area contributed by atoms with Gasteiger partial charge in [-0.15, -0.1) is 0 Å². The maximum absolute atomic E-state index is 13.4. The molecule has 3 nitrogen and oxygen atoms in total. The highest BCUT2D eigenvalue weighted by Crippen LogP contribution is 2.50. The Balaban J connectivity index is 1.63. The number of fused-ring (bicyclic) bond motifs is 3. The second kappa shape index (κ2) is 6.80. The molecule has 0 N–H and O–H groups in total. The van der Waals surface area contributed by atoms with Gasteiger partial charge in [0.05, 0.1) is 16.8 Å². The summed E-state index contributed by atoms with van der Waals surface area (Å²) in [5.74, 6) is 0.308. The number of nitrogens with zero attached hydrogens (tertiary/aromatic N) is 2. The Morgan fingerprint density at radius 3 is 2.50 bits per heavy atom. The quantitative estimate of drug-likeness (QED) is 0.487. The Morgan fingerprint density at radius 2 is 1.75 bits per heavy atom. The lowest BCUT2D eigenvalue weighted by Gasteiger charge is -2.38. The van der Waals surface area contributed by atoms with Crippen molar-refractivity contribution in [2.24, 2.45) is 5.10 Å². The topological polar surface area (TPSA) is 24.8 Å². The summed E-state index contributed by atoms with van der Waals surface area (Å²) in [7, 11) is 0. The number of hydrogen-bond acceptors (Lipinski definition) is 3. The first-order valence-electron chi connectivity index (χ1n) is 8.92. The van der Waals surface area contributed by atoms with Crippen LogP contribution in [0.25, 0.3) is 0 Å². The van der Waals surface area contributed by atoms with Crippen LogP contribution in [0.5, 0.6) is 5.75 Å². The molecule has 2 aliphatic heterocycles. The lowest BCUT2D eigenvalue weighted by Crippen LogP contribution is -2.33. The highest BCUT2D eigenvalue weighted by Gasteiger charge is 2.42. The zero-order chi connectivity index (χ0) is 19.3. The van der Waals surface area contributed by atoms with E-state index in [1.165, 1.54) is 12.1 Å². The maximum atomic E-state index is 13.4. The Labute approximate surface area is 172 Å². The molecule has 0 bridgehead atoms. The SMILES string of the molecule is Fc1ccc([C@H]2Oc3c(Cl)cc(Cl)cc3[C@H]3CC(c4ccccc4)=NN32)cc1. The molecule has 3 aromatic carbocycles. The van der Waals surface area contributed by atoms with E-state index in [-0.39, 0.29) is 11.9 Å². The van der Waals surface area contributed by atoms with Gasteiger partial charge in [0.2, 0.25) is 6.23 Å². The number of hydrazone groups is 1. The summed E-state index contributed by atoms with van der Waals surface area (Å²) in [6.07, 6.45) is 0.201. The minimum atomic E-state index is -0.502. The van der Waals surface area contributed by atoms with Crippen LogP contribution in [0.3, 0.4) is 0 Å². The first-order chi connectivity index (χ1) is 13.6. The number of rotatable bonds is 2. The van der Waals surface area contributed by atoms with E-state index in [0.29, 0.717) is 22.2 Å². The van der Waals surface area contributed by atoms with E-state index in [1.807, 2.05) is 41.4 Å². The molecule has 0 aliphatic carbocycles. The van der Waals surface area contributed by atoms with Crippen LogP contribution < -0.4 is 4.74 Å². The van der Waals surface area contributed by atoms with Crippen molar-refractivity contribution in [1.29, 1.82) is 0 Å². The van der Waals surface area contributed by atoms with Crippen molar-refractivity contribution < 1.29 is 9.13 Å². The van der Waals surface area contributed by atoms with Gasteiger partial charge >= 0.3 is 0 Å². The van der Waals surface area contributed by atoms with Crippen LogP contribution >= 0.6 is 23.2 Å². The van der Waals surface area contributed by atoms with Gasteiger partial charge in [-0.05, 0) is 29.8 Å². The van der Waals surface area contributed by atoms with E-state index in [1.54, 1.807) is 18.2 Å². The molecule has 0 saturated carbocycles. The summed E-state index contributed by atoms with van der Waals surface area (Å²) >= 11 is 12.7. The van der Waals surface area contributed by atoms with Crippen LogP contribution in [0.4, 0.5) is 4.39 Å². The van der Waals surface area contributed by atoms with Crippen LogP contribution in [0, 0.1) is 5.82 Å². The van der Waals surface area contributed by atoms with Gasteiger partial charge in [0, 0.05) is 22.6 Å². The van der Waals surface area contributed by atoms with Crippen LogP contribution in [0.2, 0.25) is 10.0 Å². The van der Waals surface area contributed by atoms with Crippen molar-refractivity contribution in [2.45, 2.75) is 18.7 Å². The molecule has 0 aromatic heterocycles. The van der Waals surface area contributed by atoms with E-state index < -0.39 is 6.23 Å². The van der Waals surface area contributed by atoms with Gasteiger partial charge in [0.25, 0.3) is 0 Å². The summed E-state index contributed by atoms with van der Waals surface area (Å²) in [4.78, 5) is 0. The maximum Gasteiger partial charge on any atom is 0.213 e. The van der Waals surface area contributed by atoms with Gasteiger partial charge in [-0.3, -0.25) is 0 Å². The Hall–Kier alpha value is -2.56. The molecule has 0 saturated heterocycles. The van der Waals surface area contributed by atoms with Crippen molar-refractivity contribution in [3.05, 3.63) is 99.3 Å². The molecule has 0 amide bonds. The third-order valence-corrected chi connectivity index (χ3v) is 5.57. The monoisotopic (exact) mass is 412 g/mol. The second-order valence-electron chi connectivity index (χ2n) is 6.84. The van der Waals surface area contributed by atoms with E-state index in [4.69, 9.17) is 33.0 Å². The Kier molecular flexibility index (Phi) is 4.26. The van der Waals surface area contributed by atoms with Gasteiger partial charge in [-0.1, -0.05) is 65.7 Å². The van der Waals surface area contributed by atoms with Gasteiger partial charge < -0.3 is 4.74 Å². The molecular weight excluding hydrogens is 398 g/mol. The first kappa shape index (κ1) is 17.5. The fourth-order valence-corrected chi connectivity index (χ4v) is 4.32. The van der Waals surface area contributed by atoms with Crippen LogP contribution in [0.1, 0.15) is 35.4 Å². The molecule has 2 atom stereocenters. The summed E-state index contributed by atoms with van der Waals surface area (Å²) in [5.41, 5.74) is 3.74. The predicted molar refractivity (Wildman–Crippen MR) is 108 cm³/mol. The fraction of sp³-hybridized carbons (Fsp3) is 0.136.